The fraction of sp³-hybridized carbons (Fsp3) is 0.360. The van der Waals surface area contributed by atoms with Gasteiger partial charge in [-0.05, 0) is 78.8 Å². The lowest BCUT2D eigenvalue weighted by Crippen LogP contribution is -2.40. The zero-order valence-corrected chi connectivity index (χ0v) is 19.0. The number of nitrogens with one attached hydrogen (secondary N) is 1. The highest BCUT2D eigenvalue weighted by Gasteiger charge is 2.34. The van der Waals surface area contributed by atoms with Crippen LogP contribution >= 0.6 is 0 Å². The van der Waals surface area contributed by atoms with Crippen LogP contribution in [0, 0.1) is 6.92 Å². The van der Waals surface area contributed by atoms with Gasteiger partial charge in [-0.1, -0.05) is 36.4 Å². The van der Waals surface area contributed by atoms with Crippen molar-refractivity contribution < 1.29 is 0 Å². The zero-order chi connectivity index (χ0) is 22.5. The van der Waals surface area contributed by atoms with E-state index in [1.807, 2.05) is 23.7 Å². The van der Waals surface area contributed by atoms with Gasteiger partial charge in [-0.2, -0.15) is 0 Å². The molecule has 0 fully saturated rings. The van der Waals surface area contributed by atoms with Gasteiger partial charge in [-0.15, -0.1) is 5.10 Å². The highest BCUT2D eigenvalue weighted by molar-refractivity contribution is 5.79. The molecule has 0 aliphatic carbocycles. The first-order valence-electron chi connectivity index (χ1n) is 11.0. The molecule has 7 heteroatoms. The number of aryl methyl sites for hydroxylation is 1. The minimum absolute atomic E-state index is 0.101. The zero-order valence-electron chi connectivity index (χ0n) is 19.0. The first-order valence-corrected chi connectivity index (χ1v) is 11.0. The number of pyridine rings is 1. The molecule has 32 heavy (non-hydrogen) atoms. The average molecular weight is 429 g/mol. The van der Waals surface area contributed by atoms with Crippen LogP contribution in [0.15, 0.2) is 53.3 Å². The molecule has 1 atom stereocenters. The Morgan fingerprint density at radius 1 is 1.06 bits per heavy atom. The minimum Gasteiger partial charge on any atom is -0.322 e. The van der Waals surface area contributed by atoms with Gasteiger partial charge < -0.3 is 4.98 Å². The van der Waals surface area contributed by atoms with E-state index in [0.29, 0.717) is 11.4 Å². The van der Waals surface area contributed by atoms with Crippen LogP contribution in [0.2, 0.25) is 0 Å². The van der Waals surface area contributed by atoms with E-state index in [1.165, 1.54) is 11.1 Å². The molecule has 0 unspecified atom stereocenters. The second-order valence-electron chi connectivity index (χ2n) is 9.66. The molecule has 0 bridgehead atoms. The summed E-state index contributed by atoms with van der Waals surface area (Å²) in [6, 6.07) is 16.3. The van der Waals surface area contributed by atoms with Gasteiger partial charge in [0.2, 0.25) is 0 Å². The Kier molecular flexibility index (Phi) is 4.93. The van der Waals surface area contributed by atoms with Gasteiger partial charge in [-0.25, -0.2) is 4.68 Å². The molecule has 4 aromatic rings. The van der Waals surface area contributed by atoms with Crippen molar-refractivity contribution in [2.75, 3.05) is 6.54 Å². The standard InChI is InChI=1S/C25H28N6O/c1-16-9-10-18-14-20(24(32)26-21(18)13-16)22(23-27-28-29-31(23)25(2,3)4)30-12-11-17-7-5-6-8-19(17)15-30/h5-10,13-14,22H,11-12,15H2,1-4H3,(H,26,32)/t22-/m1/s1. The molecule has 1 N–H and O–H groups in total. The molecule has 1 aliphatic rings. The maximum Gasteiger partial charge on any atom is 0.253 e. The van der Waals surface area contributed by atoms with Crippen LogP contribution in [-0.4, -0.2) is 36.6 Å². The number of fused-ring (bicyclic) bond motifs is 2. The van der Waals surface area contributed by atoms with Gasteiger partial charge in [-0.3, -0.25) is 9.69 Å². The lowest BCUT2D eigenvalue weighted by Gasteiger charge is -2.36. The summed E-state index contributed by atoms with van der Waals surface area (Å²) in [5, 5.41) is 13.7. The van der Waals surface area contributed by atoms with Crippen molar-refractivity contribution in [1.29, 1.82) is 0 Å². The van der Waals surface area contributed by atoms with Crippen LogP contribution in [-0.2, 0) is 18.5 Å². The second-order valence-corrected chi connectivity index (χ2v) is 9.66. The number of aromatic nitrogens is 5. The number of nitrogens with zero attached hydrogens (tertiary/aromatic N) is 5. The molecule has 1 aliphatic heterocycles. The van der Waals surface area contributed by atoms with Gasteiger partial charge in [0.25, 0.3) is 5.56 Å². The summed E-state index contributed by atoms with van der Waals surface area (Å²) in [6.07, 6.45) is 0.925. The highest BCUT2D eigenvalue weighted by atomic mass is 16.1. The Balaban J connectivity index is 1.69. The van der Waals surface area contributed by atoms with Crippen LogP contribution in [0.4, 0.5) is 0 Å². The van der Waals surface area contributed by atoms with Crippen molar-refractivity contribution in [1.82, 2.24) is 30.1 Å². The van der Waals surface area contributed by atoms with Crippen LogP contribution in [0.5, 0.6) is 0 Å². The molecule has 0 saturated heterocycles. The van der Waals surface area contributed by atoms with Crippen molar-refractivity contribution in [3.05, 3.63) is 87.0 Å². The molecule has 0 radical (unpaired) electrons. The molecular formula is C25H28N6O. The summed E-state index contributed by atoms with van der Waals surface area (Å²) in [5.41, 5.74) is 4.85. The largest absolute Gasteiger partial charge is 0.322 e. The van der Waals surface area contributed by atoms with E-state index >= 15 is 0 Å². The smallest absolute Gasteiger partial charge is 0.253 e. The van der Waals surface area contributed by atoms with Crippen molar-refractivity contribution in [2.24, 2.45) is 0 Å². The SMILES string of the molecule is Cc1ccc2cc([C@H](c3nnnn3C(C)(C)C)N3CCc4ccccc4C3)c(=O)[nH]c2c1. The van der Waals surface area contributed by atoms with Crippen molar-refractivity contribution in [3.8, 4) is 0 Å². The molecule has 5 rings (SSSR count). The van der Waals surface area contributed by atoms with Gasteiger partial charge >= 0.3 is 0 Å². The summed E-state index contributed by atoms with van der Waals surface area (Å²) in [5.74, 6) is 0.689. The normalized spacial score (nSPS) is 15.6. The van der Waals surface area contributed by atoms with Gasteiger partial charge in [0.05, 0.1) is 5.54 Å². The molecule has 3 heterocycles. The lowest BCUT2D eigenvalue weighted by atomic mass is 9.95. The summed E-state index contributed by atoms with van der Waals surface area (Å²) in [6.45, 7) is 9.80. The summed E-state index contributed by atoms with van der Waals surface area (Å²) < 4.78 is 1.84. The number of tetrazole rings is 1. The Labute approximate surface area is 187 Å². The number of H-pyrrole nitrogens is 1. The van der Waals surface area contributed by atoms with Gasteiger partial charge in [0.1, 0.15) is 6.04 Å². The van der Waals surface area contributed by atoms with Crippen molar-refractivity contribution >= 4 is 10.9 Å². The number of hydrogen-bond donors (Lipinski definition) is 1. The number of hydrogen-bond acceptors (Lipinski definition) is 5. The van der Waals surface area contributed by atoms with E-state index in [4.69, 9.17) is 0 Å². The van der Waals surface area contributed by atoms with Crippen LogP contribution in [0.3, 0.4) is 0 Å². The fourth-order valence-electron chi connectivity index (χ4n) is 4.61. The van der Waals surface area contributed by atoms with E-state index in [1.54, 1.807) is 0 Å². The molecule has 0 amide bonds. The quantitative estimate of drug-likeness (QED) is 0.538. The third kappa shape index (κ3) is 3.62. The molecule has 2 aromatic carbocycles. The van der Waals surface area contributed by atoms with Crippen molar-refractivity contribution in [2.45, 2.75) is 52.2 Å². The fourth-order valence-corrected chi connectivity index (χ4v) is 4.61. The first kappa shape index (κ1) is 20.6. The van der Waals surface area contributed by atoms with E-state index in [0.717, 1.165) is 36.0 Å². The van der Waals surface area contributed by atoms with Gasteiger partial charge in [0, 0.05) is 24.2 Å². The Hall–Kier alpha value is -3.32. The number of rotatable bonds is 3. The highest BCUT2D eigenvalue weighted by Crippen LogP contribution is 2.33. The lowest BCUT2D eigenvalue weighted by molar-refractivity contribution is 0.185. The van der Waals surface area contributed by atoms with E-state index in [2.05, 4.69) is 82.6 Å². The predicted molar refractivity (Wildman–Crippen MR) is 125 cm³/mol. The third-order valence-electron chi connectivity index (χ3n) is 6.22. The monoisotopic (exact) mass is 428 g/mol. The summed E-state index contributed by atoms with van der Waals surface area (Å²) >= 11 is 0. The molecular weight excluding hydrogens is 400 g/mol. The maximum absolute atomic E-state index is 13.4. The molecule has 2 aromatic heterocycles. The topological polar surface area (TPSA) is 79.7 Å². The van der Waals surface area contributed by atoms with E-state index < -0.39 is 0 Å². The summed E-state index contributed by atoms with van der Waals surface area (Å²) in [7, 11) is 0. The predicted octanol–water partition coefficient (Wildman–Crippen LogP) is 3.73. The first-order chi connectivity index (χ1) is 15.3. The molecule has 0 saturated carbocycles. The molecule has 7 nitrogen and oxygen atoms in total. The average Bonchev–Trinajstić information content (AvgIpc) is 3.24. The Morgan fingerprint density at radius 2 is 1.84 bits per heavy atom. The van der Waals surface area contributed by atoms with Crippen molar-refractivity contribution in [3.63, 3.8) is 0 Å². The maximum atomic E-state index is 13.4. The van der Waals surface area contributed by atoms with Crippen LogP contribution < -0.4 is 5.56 Å². The third-order valence-corrected chi connectivity index (χ3v) is 6.22. The minimum atomic E-state index is -0.355. The molecule has 164 valence electrons. The van der Waals surface area contributed by atoms with Gasteiger partial charge in [0.15, 0.2) is 5.82 Å². The Morgan fingerprint density at radius 3 is 2.62 bits per heavy atom. The van der Waals surface area contributed by atoms with E-state index in [9.17, 15) is 4.79 Å². The van der Waals surface area contributed by atoms with E-state index in [-0.39, 0.29) is 17.1 Å². The van der Waals surface area contributed by atoms with Crippen LogP contribution in [0.25, 0.3) is 10.9 Å². The van der Waals surface area contributed by atoms with Crippen LogP contribution in [0.1, 0.15) is 54.9 Å². The molecule has 0 spiro atoms. The second kappa shape index (κ2) is 7.67. The number of aromatic amines is 1. The Bertz CT molecular complexity index is 1350. The number of benzene rings is 2. The summed E-state index contributed by atoms with van der Waals surface area (Å²) in [4.78, 5) is 18.8.